The third-order valence-corrected chi connectivity index (χ3v) is 4.35. The molecule has 1 aromatic rings. The first kappa shape index (κ1) is 16.5. The molecular weight excluding hydrogens is 266 g/mol. The van der Waals surface area contributed by atoms with Gasteiger partial charge < -0.3 is 14.0 Å². The predicted octanol–water partition coefficient (Wildman–Crippen LogP) is 2.94. The highest BCUT2D eigenvalue weighted by Gasteiger charge is 2.42. The van der Waals surface area contributed by atoms with E-state index in [0.717, 1.165) is 18.9 Å². The molecule has 2 rings (SSSR count). The van der Waals surface area contributed by atoms with Crippen LogP contribution in [0.1, 0.15) is 51.9 Å². The van der Waals surface area contributed by atoms with Crippen LogP contribution in [0, 0.1) is 5.92 Å². The Bertz CT molecular complexity index is 433. The van der Waals surface area contributed by atoms with Crippen molar-refractivity contribution in [3.8, 4) is 0 Å². The van der Waals surface area contributed by atoms with Gasteiger partial charge in [-0.3, -0.25) is 0 Å². The van der Waals surface area contributed by atoms with E-state index in [-0.39, 0.29) is 12.5 Å². The Balaban J connectivity index is 2.30. The molecule has 2 heterocycles. The van der Waals surface area contributed by atoms with Crippen molar-refractivity contribution in [1.29, 1.82) is 0 Å². The van der Waals surface area contributed by atoms with Crippen molar-refractivity contribution in [2.45, 2.75) is 58.5 Å². The van der Waals surface area contributed by atoms with Gasteiger partial charge in [0.05, 0.1) is 12.6 Å². The summed E-state index contributed by atoms with van der Waals surface area (Å²) < 4.78 is 13.5. The third kappa shape index (κ3) is 3.47. The fourth-order valence-corrected chi connectivity index (χ4v) is 3.12. The van der Waals surface area contributed by atoms with E-state index < -0.39 is 0 Å². The number of methoxy groups -OCH3 is 1. The number of imidazole rings is 1. The van der Waals surface area contributed by atoms with E-state index in [1.807, 2.05) is 12.4 Å². The Hall–Kier alpha value is -0.910. The van der Waals surface area contributed by atoms with Gasteiger partial charge >= 0.3 is 0 Å². The van der Waals surface area contributed by atoms with Gasteiger partial charge in [-0.1, -0.05) is 33.6 Å². The topological polar surface area (TPSA) is 39.5 Å². The Labute approximate surface area is 128 Å². The first-order chi connectivity index (χ1) is 10.1. The summed E-state index contributed by atoms with van der Waals surface area (Å²) in [7, 11) is 3.78. The maximum Gasteiger partial charge on any atom is 0.219 e. The average Bonchev–Trinajstić information content (AvgIpc) is 3.06. The molecule has 0 saturated carbocycles. The minimum atomic E-state index is -0.268. The van der Waals surface area contributed by atoms with Gasteiger partial charge in [0.1, 0.15) is 5.82 Å². The maximum absolute atomic E-state index is 5.85. The van der Waals surface area contributed by atoms with E-state index in [1.165, 1.54) is 12.8 Å². The molecule has 1 saturated heterocycles. The number of ether oxygens (including phenoxy) is 2. The normalized spacial score (nSPS) is 24.9. The largest absolute Gasteiger partial charge is 0.343 e. The smallest absolute Gasteiger partial charge is 0.219 e. The summed E-state index contributed by atoms with van der Waals surface area (Å²) in [6.07, 6.45) is 7.05. The second-order valence-electron chi connectivity index (χ2n) is 6.19. The first-order valence-corrected chi connectivity index (χ1v) is 7.99. The molecule has 1 aromatic heterocycles. The van der Waals surface area contributed by atoms with E-state index in [1.54, 1.807) is 7.11 Å². The lowest BCUT2D eigenvalue weighted by molar-refractivity contribution is -0.175. The lowest BCUT2D eigenvalue weighted by atomic mass is 10.00. The second-order valence-corrected chi connectivity index (χ2v) is 6.19. The van der Waals surface area contributed by atoms with Crippen LogP contribution in [0.15, 0.2) is 12.4 Å². The van der Waals surface area contributed by atoms with Crippen LogP contribution < -0.4 is 0 Å². The van der Waals surface area contributed by atoms with Crippen LogP contribution >= 0.6 is 0 Å². The Morgan fingerprint density at radius 1 is 1.48 bits per heavy atom. The lowest BCUT2D eigenvalue weighted by Crippen LogP contribution is -2.44. The van der Waals surface area contributed by atoms with Crippen molar-refractivity contribution in [2.24, 2.45) is 13.0 Å². The summed E-state index contributed by atoms with van der Waals surface area (Å²) in [5.41, 5.74) is 0. The van der Waals surface area contributed by atoms with Crippen molar-refractivity contribution < 1.29 is 9.47 Å². The van der Waals surface area contributed by atoms with Crippen molar-refractivity contribution in [1.82, 2.24) is 14.5 Å². The molecule has 0 spiro atoms. The highest BCUT2D eigenvalue weighted by Crippen LogP contribution is 2.35. The van der Waals surface area contributed by atoms with Crippen molar-refractivity contribution in [2.75, 3.05) is 13.7 Å². The van der Waals surface area contributed by atoms with Gasteiger partial charge in [0.25, 0.3) is 0 Å². The zero-order chi connectivity index (χ0) is 15.4. The first-order valence-electron chi connectivity index (χ1n) is 7.99. The van der Waals surface area contributed by atoms with Crippen LogP contribution in [0.2, 0.25) is 0 Å². The number of aromatic nitrogens is 2. The molecule has 1 aliphatic heterocycles. The summed E-state index contributed by atoms with van der Waals surface area (Å²) in [5, 5.41) is 0. The van der Waals surface area contributed by atoms with Crippen LogP contribution in [0.5, 0.6) is 0 Å². The van der Waals surface area contributed by atoms with Gasteiger partial charge in [-0.25, -0.2) is 9.88 Å². The molecule has 120 valence electrons. The Morgan fingerprint density at radius 2 is 2.24 bits per heavy atom. The third-order valence-electron chi connectivity index (χ3n) is 4.35. The zero-order valence-corrected chi connectivity index (χ0v) is 14.0. The van der Waals surface area contributed by atoms with Crippen LogP contribution in [-0.4, -0.2) is 40.6 Å². The van der Waals surface area contributed by atoms with E-state index in [2.05, 4.69) is 42.3 Å². The second kappa shape index (κ2) is 7.38. The van der Waals surface area contributed by atoms with Crippen LogP contribution in [0.4, 0.5) is 0 Å². The zero-order valence-electron chi connectivity index (χ0n) is 14.0. The molecule has 1 aliphatic rings. The molecule has 0 aromatic carbocycles. The molecule has 0 aliphatic carbocycles. The summed E-state index contributed by atoms with van der Waals surface area (Å²) in [6, 6.07) is 0.610. The van der Waals surface area contributed by atoms with Crippen molar-refractivity contribution in [3.05, 3.63) is 18.2 Å². The van der Waals surface area contributed by atoms with Crippen molar-refractivity contribution >= 4 is 0 Å². The van der Waals surface area contributed by atoms with Gasteiger partial charge in [0.2, 0.25) is 6.41 Å². The quantitative estimate of drug-likeness (QED) is 0.775. The highest BCUT2D eigenvalue weighted by molar-refractivity contribution is 5.02. The van der Waals surface area contributed by atoms with E-state index in [4.69, 9.17) is 9.47 Å². The molecule has 0 N–H and O–H groups in total. The fourth-order valence-electron chi connectivity index (χ4n) is 3.12. The minimum Gasteiger partial charge on any atom is -0.343 e. The van der Waals surface area contributed by atoms with Crippen LogP contribution in [-0.2, 0) is 16.5 Å². The van der Waals surface area contributed by atoms with Gasteiger partial charge in [0.15, 0.2) is 0 Å². The number of unbranched alkanes of at least 4 members (excludes halogenated alkanes) is 1. The van der Waals surface area contributed by atoms with Crippen molar-refractivity contribution in [3.63, 3.8) is 0 Å². The summed E-state index contributed by atoms with van der Waals surface area (Å²) in [4.78, 5) is 6.96. The number of nitrogens with zero attached hydrogens (tertiary/aromatic N) is 3. The van der Waals surface area contributed by atoms with Crippen LogP contribution in [0.3, 0.4) is 0 Å². The molecule has 0 radical (unpaired) electrons. The van der Waals surface area contributed by atoms with Crippen LogP contribution in [0.25, 0.3) is 0 Å². The number of rotatable bonds is 7. The summed E-state index contributed by atoms with van der Waals surface area (Å²) >= 11 is 0. The average molecular weight is 295 g/mol. The predicted molar refractivity (Wildman–Crippen MR) is 82.7 cm³/mol. The molecule has 5 nitrogen and oxygen atoms in total. The molecule has 1 fully saturated rings. The molecule has 3 unspecified atom stereocenters. The van der Waals surface area contributed by atoms with E-state index >= 15 is 0 Å². The molecular formula is C16H29N3O2. The highest BCUT2D eigenvalue weighted by atomic mass is 16.7. The molecule has 21 heavy (non-hydrogen) atoms. The number of hydrogen-bond donors (Lipinski definition) is 0. The Morgan fingerprint density at radius 3 is 2.76 bits per heavy atom. The minimum absolute atomic E-state index is 0.241. The lowest BCUT2D eigenvalue weighted by Gasteiger charge is -2.36. The summed E-state index contributed by atoms with van der Waals surface area (Å²) in [5.74, 6) is 1.62. The maximum atomic E-state index is 5.85. The standard InChI is InChI=1S/C16H29N3O2/c1-6-7-8-13(15-17-9-10-18(15)4)19-14(12(2)3)11-21-16(19)20-5/h9-10,12-14,16H,6-8,11H2,1-5H3. The fraction of sp³-hybridized carbons (Fsp3) is 0.812. The SMILES string of the molecule is CCCCC(c1nccn1C)N1C(OC)OCC1C(C)C. The molecule has 0 bridgehead atoms. The number of hydrogen-bond acceptors (Lipinski definition) is 4. The van der Waals surface area contributed by atoms with E-state index in [9.17, 15) is 0 Å². The Kier molecular flexibility index (Phi) is 5.79. The van der Waals surface area contributed by atoms with Gasteiger partial charge in [-0.2, -0.15) is 0 Å². The molecule has 5 heteroatoms. The summed E-state index contributed by atoms with van der Waals surface area (Å²) in [6.45, 7) is 7.44. The number of aryl methyl sites for hydroxylation is 1. The monoisotopic (exact) mass is 295 g/mol. The van der Waals surface area contributed by atoms with Gasteiger partial charge in [0, 0.05) is 32.6 Å². The molecule has 3 atom stereocenters. The molecule has 0 amide bonds. The van der Waals surface area contributed by atoms with Gasteiger partial charge in [-0.15, -0.1) is 0 Å². The van der Waals surface area contributed by atoms with E-state index in [0.29, 0.717) is 12.0 Å². The van der Waals surface area contributed by atoms with Gasteiger partial charge in [-0.05, 0) is 12.3 Å².